The van der Waals surface area contributed by atoms with Gasteiger partial charge in [0.05, 0.1) is 23.2 Å². The molecule has 3 fully saturated rings. The van der Waals surface area contributed by atoms with Gasteiger partial charge in [-0.1, -0.05) is 65.7 Å². The molecular formula is C37H42Cl2N4O3. The molecule has 3 heterocycles. The fourth-order valence-electron chi connectivity index (χ4n) is 7.25. The van der Waals surface area contributed by atoms with Crippen LogP contribution in [0, 0.1) is 6.92 Å². The quantitative estimate of drug-likeness (QED) is 0.268. The van der Waals surface area contributed by atoms with Crippen molar-refractivity contribution in [1.29, 1.82) is 0 Å². The Morgan fingerprint density at radius 3 is 2.50 bits per heavy atom. The van der Waals surface area contributed by atoms with Gasteiger partial charge in [0, 0.05) is 56.9 Å². The number of carbonyl (C=O) groups excluding carboxylic acids is 1. The Balaban J connectivity index is 1.09. The number of ether oxygens (including phenoxy) is 2. The van der Waals surface area contributed by atoms with Crippen LogP contribution in [-0.2, 0) is 17.9 Å². The number of piperazine rings is 1. The van der Waals surface area contributed by atoms with Gasteiger partial charge in [-0.2, -0.15) is 0 Å². The third kappa shape index (κ3) is 6.67. The number of rotatable bonds is 10. The summed E-state index contributed by atoms with van der Waals surface area (Å²) < 4.78 is 11.8. The van der Waals surface area contributed by atoms with Crippen molar-refractivity contribution >= 4 is 34.7 Å². The molecule has 3 aromatic rings. The summed E-state index contributed by atoms with van der Waals surface area (Å²) in [4.78, 5) is 19.1. The van der Waals surface area contributed by atoms with Crippen molar-refractivity contribution in [2.75, 3.05) is 33.3 Å². The topological polar surface area (TPSA) is 66.1 Å². The molecule has 2 saturated heterocycles. The van der Waals surface area contributed by atoms with E-state index in [0.717, 1.165) is 86.4 Å². The van der Waals surface area contributed by atoms with E-state index in [1.807, 2.05) is 30.3 Å². The van der Waals surface area contributed by atoms with Gasteiger partial charge in [-0.05, 0) is 78.6 Å². The second-order valence-electron chi connectivity index (χ2n) is 13.1. The van der Waals surface area contributed by atoms with E-state index in [0.29, 0.717) is 28.4 Å². The zero-order valence-electron chi connectivity index (χ0n) is 26.5. The van der Waals surface area contributed by atoms with Gasteiger partial charge in [-0.25, -0.2) is 0 Å². The lowest BCUT2D eigenvalue weighted by atomic mass is 9.83. The normalized spacial score (nSPS) is 23.0. The monoisotopic (exact) mass is 660 g/mol. The van der Waals surface area contributed by atoms with Crippen LogP contribution in [0.2, 0.25) is 10.0 Å². The van der Waals surface area contributed by atoms with Crippen molar-refractivity contribution in [3.63, 3.8) is 0 Å². The number of amides is 1. The van der Waals surface area contributed by atoms with Crippen molar-refractivity contribution in [3.8, 4) is 11.5 Å². The van der Waals surface area contributed by atoms with Gasteiger partial charge in [-0.3, -0.25) is 9.69 Å². The van der Waals surface area contributed by atoms with Gasteiger partial charge >= 0.3 is 0 Å². The van der Waals surface area contributed by atoms with Gasteiger partial charge in [0.2, 0.25) is 0 Å². The number of halogens is 2. The molecule has 3 atom stereocenters. The SMILES string of the molecule is COc1cccc(CN(C(=O)C2=C(c3ccc(CN4CC[C@H](Oc5c(Cl)cccc5Cl)C4)cc3)C[C@@H]3CNC[C@H]2N3)C2CC2)c1C. The van der Waals surface area contributed by atoms with Crippen molar-refractivity contribution in [2.24, 2.45) is 0 Å². The molecule has 1 saturated carbocycles. The second-order valence-corrected chi connectivity index (χ2v) is 13.9. The summed E-state index contributed by atoms with van der Waals surface area (Å²) in [5.41, 5.74) is 6.73. The molecule has 2 N–H and O–H groups in total. The number of nitrogens with zero attached hydrogens (tertiary/aromatic N) is 2. The number of fused-ring (bicyclic) bond motifs is 2. The maximum atomic E-state index is 14.6. The highest BCUT2D eigenvalue weighted by molar-refractivity contribution is 6.37. The van der Waals surface area contributed by atoms with Crippen LogP contribution in [-0.4, -0.2) is 73.2 Å². The molecule has 0 spiro atoms. The number of hydrogen-bond acceptors (Lipinski definition) is 6. The number of benzene rings is 3. The molecule has 0 aromatic heterocycles. The van der Waals surface area contributed by atoms with Crippen LogP contribution in [0.1, 0.15) is 47.9 Å². The summed E-state index contributed by atoms with van der Waals surface area (Å²) in [5.74, 6) is 1.59. The van der Waals surface area contributed by atoms with E-state index >= 15 is 0 Å². The van der Waals surface area contributed by atoms with Crippen molar-refractivity contribution < 1.29 is 14.3 Å². The Morgan fingerprint density at radius 2 is 1.76 bits per heavy atom. The molecule has 0 unspecified atom stereocenters. The average molecular weight is 662 g/mol. The predicted molar refractivity (Wildman–Crippen MR) is 184 cm³/mol. The maximum Gasteiger partial charge on any atom is 0.252 e. The average Bonchev–Trinajstić information content (AvgIpc) is 3.81. The molecule has 2 bridgehead atoms. The minimum atomic E-state index is -0.00418. The fraction of sp³-hybridized carbons (Fsp3) is 0.432. The summed E-state index contributed by atoms with van der Waals surface area (Å²) in [6.45, 7) is 6.95. The number of para-hydroxylation sites is 1. The first kappa shape index (κ1) is 31.5. The largest absolute Gasteiger partial charge is 0.496 e. The minimum Gasteiger partial charge on any atom is -0.496 e. The number of likely N-dealkylation sites (tertiary alicyclic amines) is 1. The molecule has 46 heavy (non-hydrogen) atoms. The minimum absolute atomic E-state index is 0.00418. The van der Waals surface area contributed by atoms with Crippen LogP contribution in [0.15, 0.2) is 66.2 Å². The van der Waals surface area contributed by atoms with Crippen LogP contribution in [0.5, 0.6) is 11.5 Å². The van der Waals surface area contributed by atoms with Gasteiger partial charge in [-0.15, -0.1) is 0 Å². The van der Waals surface area contributed by atoms with E-state index in [9.17, 15) is 4.79 Å². The number of hydrogen-bond donors (Lipinski definition) is 2. The van der Waals surface area contributed by atoms with Crippen LogP contribution in [0.4, 0.5) is 0 Å². The molecule has 3 aliphatic heterocycles. The Morgan fingerprint density at radius 1 is 1.00 bits per heavy atom. The zero-order valence-corrected chi connectivity index (χ0v) is 28.0. The van der Waals surface area contributed by atoms with E-state index in [1.54, 1.807) is 7.11 Å². The second kappa shape index (κ2) is 13.6. The summed E-state index contributed by atoms with van der Waals surface area (Å²) in [7, 11) is 1.70. The third-order valence-electron chi connectivity index (χ3n) is 9.88. The van der Waals surface area contributed by atoms with Gasteiger partial charge < -0.3 is 25.0 Å². The van der Waals surface area contributed by atoms with Crippen molar-refractivity contribution in [1.82, 2.24) is 20.4 Å². The molecule has 7 rings (SSSR count). The number of carbonyl (C=O) groups is 1. The summed E-state index contributed by atoms with van der Waals surface area (Å²) in [6.07, 6.45) is 3.91. The van der Waals surface area contributed by atoms with E-state index in [-0.39, 0.29) is 24.1 Å². The van der Waals surface area contributed by atoms with Crippen LogP contribution in [0.3, 0.4) is 0 Å². The maximum absolute atomic E-state index is 14.6. The summed E-state index contributed by atoms with van der Waals surface area (Å²) in [6, 6.07) is 21.0. The van der Waals surface area contributed by atoms with Crippen LogP contribution in [0.25, 0.3) is 5.57 Å². The highest BCUT2D eigenvalue weighted by Crippen LogP contribution is 2.38. The number of methoxy groups -OCH3 is 1. The Bertz CT molecular complexity index is 1600. The molecule has 4 aliphatic rings. The Hall–Kier alpha value is -3.07. The highest BCUT2D eigenvalue weighted by atomic mass is 35.5. The summed E-state index contributed by atoms with van der Waals surface area (Å²) in [5, 5.41) is 8.40. The Kier molecular flexibility index (Phi) is 9.30. The molecule has 1 aliphatic carbocycles. The fourth-order valence-corrected chi connectivity index (χ4v) is 7.74. The third-order valence-corrected chi connectivity index (χ3v) is 10.5. The smallest absolute Gasteiger partial charge is 0.252 e. The van der Waals surface area contributed by atoms with E-state index < -0.39 is 0 Å². The zero-order chi connectivity index (χ0) is 31.8. The van der Waals surface area contributed by atoms with E-state index in [1.165, 1.54) is 11.1 Å². The molecule has 3 aromatic carbocycles. The molecule has 9 heteroatoms. The molecular weight excluding hydrogens is 619 g/mol. The first-order chi connectivity index (χ1) is 22.4. The van der Waals surface area contributed by atoms with Gasteiger partial charge in [0.15, 0.2) is 5.75 Å². The van der Waals surface area contributed by atoms with E-state index in [4.69, 9.17) is 32.7 Å². The first-order valence-electron chi connectivity index (χ1n) is 16.4. The van der Waals surface area contributed by atoms with Crippen LogP contribution >= 0.6 is 23.2 Å². The number of nitrogens with one attached hydrogen (secondary N) is 2. The highest BCUT2D eigenvalue weighted by Gasteiger charge is 2.41. The lowest BCUT2D eigenvalue weighted by Gasteiger charge is -2.41. The standard InChI is InChI=1S/C37H42Cl2N4O3/c1-23-26(5-3-8-34(23)45-2)21-43(28-13-14-28)37(44)35-30(17-27-18-40-19-33(35)41-27)25-11-9-24(10-12-25)20-42-16-15-29(22-42)46-36-31(38)6-4-7-32(36)39/h3-12,27-29,33,40-41H,13-22H2,1-2H3/t27-,29+,33-/m1/s1. The molecule has 0 radical (unpaired) electrons. The van der Waals surface area contributed by atoms with Gasteiger partial charge in [0.1, 0.15) is 11.9 Å². The van der Waals surface area contributed by atoms with Crippen LogP contribution < -0.4 is 20.1 Å². The summed E-state index contributed by atoms with van der Waals surface area (Å²) >= 11 is 12.7. The first-order valence-corrected chi connectivity index (χ1v) is 17.2. The van der Waals surface area contributed by atoms with Crippen molar-refractivity contribution in [3.05, 3.63) is 98.5 Å². The van der Waals surface area contributed by atoms with E-state index in [2.05, 4.69) is 57.7 Å². The molecule has 242 valence electrons. The molecule has 7 nitrogen and oxygen atoms in total. The lowest BCUT2D eigenvalue weighted by Crippen LogP contribution is -2.60. The lowest BCUT2D eigenvalue weighted by molar-refractivity contribution is -0.128. The van der Waals surface area contributed by atoms with Gasteiger partial charge in [0.25, 0.3) is 5.91 Å². The van der Waals surface area contributed by atoms with Crippen molar-refractivity contribution in [2.45, 2.75) is 69.9 Å². The predicted octanol–water partition coefficient (Wildman–Crippen LogP) is 6.24. The Labute approximate surface area is 281 Å². The molecule has 1 amide bonds.